The topological polar surface area (TPSA) is 86.3 Å². The van der Waals surface area contributed by atoms with E-state index in [4.69, 9.17) is 18.9 Å². The number of hydrogen-bond acceptors (Lipinski definition) is 6. The molecule has 1 fully saturated rings. The highest BCUT2D eigenvalue weighted by molar-refractivity contribution is 5.87. The summed E-state index contributed by atoms with van der Waals surface area (Å²) < 4.78 is 22.5. The Morgan fingerprint density at radius 2 is 1.46 bits per heavy atom. The molecule has 0 aromatic heterocycles. The van der Waals surface area contributed by atoms with Gasteiger partial charge >= 0.3 is 0 Å². The van der Waals surface area contributed by atoms with Crippen LogP contribution in [0.3, 0.4) is 0 Å². The molecule has 0 unspecified atom stereocenters. The lowest BCUT2D eigenvalue weighted by atomic mass is 9.65. The van der Waals surface area contributed by atoms with Crippen molar-refractivity contribution < 1.29 is 28.5 Å². The molecule has 8 heteroatoms. The van der Waals surface area contributed by atoms with Gasteiger partial charge in [-0.3, -0.25) is 9.59 Å². The van der Waals surface area contributed by atoms with E-state index in [0.29, 0.717) is 35.5 Å². The van der Waals surface area contributed by atoms with Crippen LogP contribution < -0.4 is 24.3 Å². The lowest BCUT2D eigenvalue weighted by Crippen LogP contribution is -2.47. The summed E-state index contributed by atoms with van der Waals surface area (Å²) in [5.41, 5.74) is 1.85. The minimum atomic E-state index is -0.520. The van der Waals surface area contributed by atoms with Gasteiger partial charge in [-0.25, -0.2) is 0 Å². The molecule has 6 rings (SSSR count). The molecule has 2 aromatic carbocycles. The molecule has 206 valence electrons. The van der Waals surface area contributed by atoms with Crippen molar-refractivity contribution in [3.8, 4) is 23.0 Å². The van der Waals surface area contributed by atoms with Gasteiger partial charge in [0.05, 0.1) is 11.8 Å². The standard InChI is InChI=1S/C31H36N2O6/c1-19(2)16-32-30(34)29-22(20-6-10-24-26(14-20)38-17-36-24)8-9-23(31(35)33-12-4-3-5-13-33)28(29)21-7-11-25-27(15-21)39-18-37-25/h6-11,14-15,19,22-23,28-29H,3-5,12-13,16-18H2,1-2H3,(H,32,34)/t22-,23-,28-,29-/m1/s1. The number of nitrogens with zero attached hydrogens (tertiary/aromatic N) is 1. The van der Waals surface area contributed by atoms with E-state index in [1.807, 2.05) is 53.5 Å². The van der Waals surface area contributed by atoms with Crippen molar-refractivity contribution in [2.45, 2.75) is 44.9 Å². The summed E-state index contributed by atoms with van der Waals surface area (Å²) in [4.78, 5) is 30.1. The molecule has 2 aromatic rings. The largest absolute Gasteiger partial charge is 0.454 e. The second-order valence-electron chi connectivity index (χ2n) is 11.2. The van der Waals surface area contributed by atoms with Gasteiger partial charge in [0, 0.05) is 31.5 Å². The van der Waals surface area contributed by atoms with Gasteiger partial charge in [0.2, 0.25) is 25.4 Å². The quantitative estimate of drug-likeness (QED) is 0.548. The number of carbonyl (C=O) groups is 2. The van der Waals surface area contributed by atoms with E-state index >= 15 is 0 Å². The van der Waals surface area contributed by atoms with Crippen molar-refractivity contribution in [2.75, 3.05) is 33.2 Å². The van der Waals surface area contributed by atoms with Crippen molar-refractivity contribution >= 4 is 11.8 Å². The normalized spacial score (nSPS) is 25.2. The van der Waals surface area contributed by atoms with Crippen LogP contribution in [-0.2, 0) is 9.59 Å². The fraction of sp³-hybridized carbons (Fsp3) is 0.484. The maximum atomic E-state index is 14.1. The Balaban J connectivity index is 1.45. The summed E-state index contributed by atoms with van der Waals surface area (Å²) in [6.07, 6.45) is 7.23. The maximum Gasteiger partial charge on any atom is 0.231 e. The number of carbonyl (C=O) groups excluding carboxylic acids is 2. The van der Waals surface area contributed by atoms with E-state index in [2.05, 4.69) is 19.2 Å². The average molecular weight is 533 g/mol. The Morgan fingerprint density at radius 1 is 0.846 bits per heavy atom. The third kappa shape index (κ3) is 5.04. The molecule has 8 nitrogen and oxygen atoms in total. The molecule has 1 aliphatic carbocycles. The lowest BCUT2D eigenvalue weighted by Gasteiger charge is -2.41. The molecule has 0 spiro atoms. The summed E-state index contributed by atoms with van der Waals surface area (Å²) in [6, 6.07) is 11.7. The van der Waals surface area contributed by atoms with Crippen LogP contribution in [0.25, 0.3) is 0 Å². The second-order valence-corrected chi connectivity index (χ2v) is 11.2. The molecule has 0 saturated carbocycles. The van der Waals surface area contributed by atoms with E-state index in [9.17, 15) is 9.59 Å². The second kappa shape index (κ2) is 10.8. The maximum absolute atomic E-state index is 14.1. The number of benzene rings is 2. The van der Waals surface area contributed by atoms with Crippen LogP contribution in [0.4, 0.5) is 0 Å². The SMILES string of the molecule is CC(C)CNC(=O)[C@H]1[C@H](c2ccc3c(c2)OCO3)[C@H](C(=O)N2CCCCC2)C=C[C@@H]1c1ccc2c(c1)OCO2. The molecular formula is C31H36N2O6. The summed E-state index contributed by atoms with van der Waals surface area (Å²) >= 11 is 0. The molecule has 2 amide bonds. The third-order valence-corrected chi connectivity index (χ3v) is 8.19. The van der Waals surface area contributed by atoms with Gasteiger partial charge in [0.15, 0.2) is 23.0 Å². The van der Waals surface area contributed by atoms with Gasteiger partial charge in [-0.05, 0) is 60.6 Å². The predicted octanol–water partition coefficient (Wildman–Crippen LogP) is 4.60. The van der Waals surface area contributed by atoms with Crippen molar-refractivity contribution in [2.24, 2.45) is 17.8 Å². The Labute approximate surface area is 229 Å². The van der Waals surface area contributed by atoms with E-state index in [0.717, 1.165) is 43.5 Å². The van der Waals surface area contributed by atoms with Gasteiger partial charge in [-0.1, -0.05) is 38.1 Å². The molecule has 4 atom stereocenters. The molecule has 4 aliphatic rings. The van der Waals surface area contributed by atoms with E-state index < -0.39 is 11.8 Å². The number of fused-ring (bicyclic) bond motifs is 2. The third-order valence-electron chi connectivity index (χ3n) is 8.19. The molecule has 3 heterocycles. The Kier molecular flexibility index (Phi) is 7.11. The number of amides is 2. The van der Waals surface area contributed by atoms with Gasteiger partial charge in [-0.15, -0.1) is 0 Å². The summed E-state index contributed by atoms with van der Waals surface area (Å²) in [5, 5.41) is 3.19. The number of rotatable bonds is 6. The van der Waals surface area contributed by atoms with Crippen LogP contribution in [-0.4, -0.2) is 49.9 Å². The zero-order chi connectivity index (χ0) is 26.9. The van der Waals surface area contributed by atoms with Crippen LogP contribution in [0.1, 0.15) is 56.1 Å². The molecule has 1 N–H and O–H groups in total. The average Bonchev–Trinajstić information content (AvgIpc) is 3.64. The van der Waals surface area contributed by atoms with Crippen molar-refractivity contribution in [3.63, 3.8) is 0 Å². The fourth-order valence-corrected chi connectivity index (χ4v) is 6.21. The van der Waals surface area contributed by atoms with Gasteiger partial charge in [-0.2, -0.15) is 0 Å². The molecule has 3 aliphatic heterocycles. The zero-order valence-electron chi connectivity index (χ0n) is 22.6. The lowest BCUT2D eigenvalue weighted by molar-refractivity contribution is -0.137. The number of ether oxygens (including phenoxy) is 4. The summed E-state index contributed by atoms with van der Waals surface area (Å²) in [7, 11) is 0. The van der Waals surface area contributed by atoms with Crippen LogP contribution >= 0.6 is 0 Å². The number of nitrogens with one attached hydrogen (secondary N) is 1. The summed E-state index contributed by atoms with van der Waals surface area (Å²) in [5.74, 6) is 1.38. The van der Waals surface area contributed by atoms with Crippen molar-refractivity contribution in [3.05, 3.63) is 59.7 Å². The van der Waals surface area contributed by atoms with E-state index in [-0.39, 0.29) is 37.2 Å². The molecular weight excluding hydrogens is 496 g/mol. The number of piperidine rings is 1. The van der Waals surface area contributed by atoms with Crippen molar-refractivity contribution in [1.29, 1.82) is 0 Å². The fourth-order valence-electron chi connectivity index (χ4n) is 6.21. The minimum absolute atomic E-state index is 0.0603. The smallest absolute Gasteiger partial charge is 0.231 e. The summed E-state index contributed by atoms with van der Waals surface area (Å²) in [6.45, 7) is 6.58. The van der Waals surface area contributed by atoms with Crippen molar-refractivity contribution in [1.82, 2.24) is 10.2 Å². The number of allylic oxidation sites excluding steroid dienone is 1. The highest BCUT2D eigenvalue weighted by Crippen LogP contribution is 2.49. The van der Waals surface area contributed by atoms with Crippen LogP contribution in [0.5, 0.6) is 23.0 Å². The Bertz CT molecular complexity index is 1270. The minimum Gasteiger partial charge on any atom is -0.454 e. The zero-order valence-corrected chi connectivity index (χ0v) is 22.6. The van der Waals surface area contributed by atoms with Gasteiger partial charge < -0.3 is 29.2 Å². The molecule has 0 bridgehead atoms. The predicted molar refractivity (Wildman–Crippen MR) is 145 cm³/mol. The van der Waals surface area contributed by atoms with Gasteiger partial charge in [0.25, 0.3) is 0 Å². The first-order valence-electron chi connectivity index (χ1n) is 14.0. The molecule has 1 saturated heterocycles. The molecule has 0 radical (unpaired) electrons. The first-order chi connectivity index (χ1) is 19.0. The first-order valence-corrected chi connectivity index (χ1v) is 14.0. The van der Waals surface area contributed by atoms with Gasteiger partial charge in [0.1, 0.15) is 0 Å². The highest BCUT2D eigenvalue weighted by Gasteiger charge is 2.46. The van der Waals surface area contributed by atoms with E-state index in [1.54, 1.807) is 0 Å². The Hall–Kier alpha value is -3.68. The molecule has 39 heavy (non-hydrogen) atoms. The van der Waals surface area contributed by atoms with E-state index in [1.165, 1.54) is 0 Å². The Morgan fingerprint density at radius 3 is 2.13 bits per heavy atom. The number of likely N-dealkylation sites (tertiary alicyclic amines) is 1. The highest BCUT2D eigenvalue weighted by atomic mass is 16.7. The van der Waals surface area contributed by atoms with Crippen LogP contribution in [0, 0.1) is 17.8 Å². The monoisotopic (exact) mass is 532 g/mol. The van der Waals surface area contributed by atoms with Crippen LogP contribution in [0.2, 0.25) is 0 Å². The number of hydrogen-bond donors (Lipinski definition) is 1. The van der Waals surface area contributed by atoms with Crippen LogP contribution in [0.15, 0.2) is 48.6 Å². The first kappa shape index (κ1) is 25.6.